The Kier molecular flexibility index (Phi) is 5.34. The van der Waals surface area contributed by atoms with Crippen LogP contribution in [-0.2, 0) is 26.0 Å². The van der Waals surface area contributed by atoms with Crippen molar-refractivity contribution in [2.24, 2.45) is 0 Å². The molecule has 1 atom stereocenters. The summed E-state index contributed by atoms with van der Waals surface area (Å²) in [5, 5.41) is 9.25. The summed E-state index contributed by atoms with van der Waals surface area (Å²) in [4.78, 5) is 25.7. The van der Waals surface area contributed by atoms with Crippen LogP contribution >= 0.6 is 0 Å². The Morgan fingerprint density at radius 3 is 2.46 bits per heavy atom. The number of amides is 1. The molecule has 7 nitrogen and oxygen atoms in total. The molecule has 0 bridgehead atoms. The second-order valence-corrected chi connectivity index (χ2v) is 9.10. The fraction of sp³-hybridized carbons (Fsp3) is 0.556. The van der Waals surface area contributed by atoms with E-state index in [0.717, 1.165) is 11.1 Å². The molecule has 0 radical (unpaired) electrons. The van der Waals surface area contributed by atoms with E-state index >= 15 is 0 Å². The summed E-state index contributed by atoms with van der Waals surface area (Å²) in [6.07, 6.45) is 1.56. The molecule has 142 valence electrons. The zero-order valence-electron chi connectivity index (χ0n) is 14.8. The number of carbonyl (C=O) groups is 2. The first-order chi connectivity index (χ1) is 12.3. The quantitative estimate of drug-likeness (QED) is 0.796. The molecule has 26 heavy (non-hydrogen) atoms. The summed E-state index contributed by atoms with van der Waals surface area (Å²) in [5.41, 5.74) is 2.10. The van der Waals surface area contributed by atoms with Crippen LogP contribution in [0.25, 0.3) is 0 Å². The largest absolute Gasteiger partial charge is 0.480 e. The van der Waals surface area contributed by atoms with Crippen LogP contribution in [0.15, 0.2) is 24.3 Å². The maximum absolute atomic E-state index is 13.0. The highest BCUT2D eigenvalue weighted by molar-refractivity contribution is 7.89. The van der Waals surface area contributed by atoms with Crippen molar-refractivity contribution in [3.05, 3.63) is 35.4 Å². The number of sulfonamides is 1. The first-order valence-electron chi connectivity index (χ1n) is 8.91. The van der Waals surface area contributed by atoms with Crippen LogP contribution in [0.2, 0.25) is 0 Å². The molecule has 1 aliphatic carbocycles. The molecule has 1 amide bonds. The van der Waals surface area contributed by atoms with Crippen molar-refractivity contribution in [1.82, 2.24) is 9.21 Å². The van der Waals surface area contributed by atoms with Gasteiger partial charge in [0.1, 0.15) is 6.54 Å². The van der Waals surface area contributed by atoms with E-state index in [2.05, 4.69) is 0 Å². The summed E-state index contributed by atoms with van der Waals surface area (Å²) >= 11 is 0. The second kappa shape index (κ2) is 7.36. The van der Waals surface area contributed by atoms with E-state index in [1.165, 1.54) is 9.21 Å². The molecule has 1 fully saturated rings. The fourth-order valence-corrected chi connectivity index (χ4v) is 4.96. The highest BCUT2D eigenvalue weighted by atomic mass is 32.2. The number of rotatable bonds is 6. The molecular formula is C18H24N2O5S. The van der Waals surface area contributed by atoms with E-state index in [0.29, 0.717) is 32.4 Å². The standard InChI is InChI=1S/C18H24N2O5S/c1-2-26(24,25)19-9-7-14(8-10-19)20(12-17(21)22)18(23)16-11-13-5-3-4-6-15(13)16/h3-6,14,16H,2,7-12H2,1H3,(H,21,22). The van der Waals surface area contributed by atoms with Gasteiger partial charge < -0.3 is 10.0 Å². The fourth-order valence-electron chi connectivity index (χ4n) is 3.83. The Hall–Kier alpha value is -1.93. The number of aliphatic carboxylic acids is 1. The van der Waals surface area contributed by atoms with Crippen LogP contribution in [0.5, 0.6) is 0 Å². The highest BCUT2D eigenvalue weighted by Crippen LogP contribution is 2.37. The van der Waals surface area contributed by atoms with Gasteiger partial charge in [-0.05, 0) is 37.3 Å². The van der Waals surface area contributed by atoms with E-state index < -0.39 is 16.0 Å². The Morgan fingerprint density at radius 2 is 1.88 bits per heavy atom. The maximum Gasteiger partial charge on any atom is 0.323 e. The third-order valence-electron chi connectivity index (χ3n) is 5.36. The molecule has 1 unspecified atom stereocenters. The van der Waals surface area contributed by atoms with Gasteiger partial charge in [-0.3, -0.25) is 9.59 Å². The van der Waals surface area contributed by atoms with Gasteiger partial charge in [-0.25, -0.2) is 12.7 Å². The van der Waals surface area contributed by atoms with E-state index in [1.807, 2.05) is 24.3 Å². The third-order valence-corrected chi connectivity index (χ3v) is 7.25. The highest BCUT2D eigenvalue weighted by Gasteiger charge is 2.39. The zero-order valence-corrected chi connectivity index (χ0v) is 15.6. The minimum atomic E-state index is -3.25. The third kappa shape index (κ3) is 3.61. The van der Waals surface area contributed by atoms with Gasteiger partial charge >= 0.3 is 5.97 Å². The topological polar surface area (TPSA) is 95.0 Å². The molecule has 8 heteroatoms. The van der Waals surface area contributed by atoms with Gasteiger partial charge in [0, 0.05) is 19.1 Å². The molecule has 0 spiro atoms. The number of benzene rings is 1. The van der Waals surface area contributed by atoms with Crippen molar-refractivity contribution in [1.29, 1.82) is 0 Å². The van der Waals surface area contributed by atoms with Crippen molar-refractivity contribution in [2.75, 3.05) is 25.4 Å². The Bertz CT molecular complexity index is 800. The molecule has 0 saturated carbocycles. The number of carboxylic acid groups (broad SMARTS) is 1. The van der Waals surface area contributed by atoms with Crippen molar-refractivity contribution >= 4 is 21.9 Å². The van der Waals surface area contributed by atoms with Gasteiger partial charge in [0.2, 0.25) is 15.9 Å². The number of carboxylic acids is 1. The molecular weight excluding hydrogens is 356 g/mol. The van der Waals surface area contributed by atoms with E-state index in [9.17, 15) is 23.1 Å². The van der Waals surface area contributed by atoms with Gasteiger partial charge in [0.25, 0.3) is 0 Å². The van der Waals surface area contributed by atoms with Crippen LogP contribution in [0.1, 0.15) is 36.8 Å². The minimum absolute atomic E-state index is 0.0499. The number of piperidine rings is 1. The Morgan fingerprint density at radius 1 is 1.23 bits per heavy atom. The molecule has 1 aromatic carbocycles. The van der Waals surface area contributed by atoms with Crippen molar-refractivity contribution in [3.63, 3.8) is 0 Å². The second-order valence-electron chi connectivity index (χ2n) is 6.85. The lowest BCUT2D eigenvalue weighted by atomic mass is 9.76. The average molecular weight is 380 g/mol. The number of fused-ring (bicyclic) bond motifs is 1. The Labute approximate surface area is 153 Å². The normalized spacial score (nSPS) is 20.9. The maximum atomic E-state index is 13.0. The number of carbonyl (C=O) groups excluding carboxylic acids is 1. The first-order valence-corrected chi connectivity index (χ1v) is 10.5. The minimum Gasteiger partial charge on any atom is -0.480 e. The lowest BCUT2D eigenvalue weighted by Crippen LogP contribution is -2.52. The first kappa shape index (κ1) is 18.8. The van der Waals surface area contributed by atoms with Gasteiger partial charge in [-0.1, -0.05) is 24.3 Å². The predicted molar refractivity (Wildman–Crippen MR) is 96.3 cm³/mol. The molecule has 1 aromatic rings. The van der Waals surface area contributed by atoms with Crippen molar-refractivity contribution < 1.29 is 23.1 Å². The SMILES string of the molecule is CCS(=O)(=O)N1CCC(N(CC(=O)O)C(=O)C2Cc3ccccc32)CC1. The summed E-state index contributed by atoms with van der Waals surface area (Å²) < 4.78 is 25.4. The lowest BCUT2D eigenvalue weighted by molar-refractivity contribution is -0.147. The predicted octanol–water partition coefficient (Wildman–Crippen LogP) is 1.05. The van der Waals surface area contributed by atoms with Gasteiger partial charge in [-0.2, -0.15) is 0 Å². The van der Waals surface area contributed by atoms with Crippen molar-refractivity contribution in [3.8, 4) is 0 Å². The summed E-state index contributed by atoms with van der Waals surface area (Å²) in [7, 11) is -3.25. The molecule has 1 saturated heterocycles. The molecule has 1 heterocycles. The molecule has 0 aromatic heterocycles. The summed E-state index contributed by atoms with van der Waals surface area (Å²) in [6.45, 7) is 1.91. The van der Waals surface area contributed by atoms with Gasteiger partial charge in [0.15, 0.2) is 0 Å². The monoisotopic (exact) mass is 380 g/mol. The average Bonchev–Trinajstić information content (AvgIpc) is 2.60. The van der Waals surface area contributed by atoms with Gasteiger partial charge in [-0.15, -0.1) is 0 Å². The molecule has 1 N–H and O–H groups in total. The molecule has 2 aliphatic rings. The summed E-state index contributed by atoms with van der Waals surface area (Å²) in [5.74, 6) is -1.45. The molecule has 3 rings (SSSR count). The van der Waals surface area contributed by atoms with Crippen LogP contribution < -0.4 is 0 Å². The number of hydrogen-bond donors (Lipinski definition) is 1. The van der Waals surface area contributed by atoms with Crippen LogP contribution in [0.4, 0.5) is 0 Å². The number of hydrogen-bond acceptors (Lipinski definition) is 4. The smallest absolute Gasteiger partial charge is 0.323 e. The Balaban J connectivity index is 1.72. The van der Waals surface area contributed by atoms with E-state index in [-0.39, 0.29) is 30.2 Å². The lowest BCUT2D eigenvalue weighted by Gasteiger charge is -2.40. The van der Waals surface area contributed by atoms with Crippen LogP contribution in [0.3, 0.4) is 0 Å². The number of nitrogens with zero attached hydrogens (tertiary/aromatic N) is 2. The zero-order chi connectivity index (χ0) is 18.9. The molecule has 1 aliphatic heterocycles. The van der Waals surface area contributed by atoms with E-state index in [1.54, 1.807) is 6.92 Å². The summed E-state index contributed by atoms with van der Waals surface area (Å²) in [6, 6.07) is 7.47. The van der Waals surface area contributed by atoms with Gasteiger partial charge in [0.05, 0.1) is 11.7 Å². The van der Waals surface area contributed by atoms with Crippen LogP contribution in [0, 0.1) is 0 Å². The van der Waals surface area contributed by atoms with Crippen LogP contribution in [-0.4, -0.2) is 66.0 Å². The van der Waals surface area contributed by atoms with Crippen molar-refractivity contribution in [2.45, 2.75) is 38.1 Å². The van der Waals surface area contributed by atoms with E-state index in [4.69, 9.17) is 0 Å².